The zero-order chi connectivity index (χ0) is 12.7. The zero-order valence-electron chi connectivity index (χ0n) is 11.4. The average Bonchev–Trinajstić information content (AvgIpc) is 2.32. The van der Waals surface area contributed by atoms with Crippen LogP contribution in [0.4, 0.5) is 0 Å². The lowest BCUT2D eigenvalue weighted by Gasteiger charge is -2.24. The maximum Gasteiger partial charge on any atom is 0.0233 e. The highest BCUT2D eigenvalue weighted by molar-refractivity contribution is 5.22. The summed E-state index contributed by atoms with van der Waals surface area (Å²) in [4.78, 5) is 2.42. The van der Waals surface area contributed by atoms with E-state index in [1.807, 2.05) is 0 Å². The van der Waals surface area contributed by atoms with E-state index in [1.165, 1.54) is 24.0 Å². The second-order valence-electron chi connectivity index (χ2n) is 4.91. The van der Waals surface area contributed by atoms with E-state index in [-0.39, 0.29) is 0 Å². The van der Waals surface area contributed by atoms with Crippen molar-refractivity contribution in [1.29, 1.82) is 0 Å². The first-order chi connectivity index (χ1) is 8.17. The van der Waals surface area contributed by atoms with Crippen molar-refractivity contribution in [2.45, 2.75) is 45.7 Å². The average molecular weight is 234 g/mol. The Morgan fingerprint density at radius 2 is 1.76 bits per heavy atom. The van der Waals surface area contributed by atoms with Crippen LogP contribution in [-0.2, 0) is 13.0 Å². The summed E-state index contributed by atoms with van der Waals surface area (Å²) in [6.07, 6.45) is 3.49. The molecule has 1 atom stereocenters. The molecule has 0 heterocycles. The standard InChI is InChI=1S/C15H26N2/c1-4-5-13(2)17(3)12-15-8-6-14(7-9-15)10-11-16/h6-9,13H,4-5,10-12,16H2,1-3H3. The molecule has 0 saturated heterocycles. The molecule has 0 aliphatic rings. The van der Waals surface area contributed by atoms with Gasteiger partial charge in [0.15, 0.2) is 0 Å². The second kappa shape index (κ2) is 7.46. The van der Waals surface area contributed by atoms with Crippen molar-refractivity contribution < 1.29 is 0 Å². The van der Waals surface area contributed by atoms with Crippen LogP contribution in [0.2, 0.25) is 0 Å². The molecular formula is C15H26N2. The Hall–Kier alpha value is -0.860. The predicted molar refractivity (Wildman–Crippen MR) is 75.0 cm³/mol. The molecule has 1 unspecified atom stereocenters. The molecule has 1 aromatic rings. The summed E-state index contributed by atoms with van der Waals surface area (Å²) in [5.74, 6) is 0. The molecule has 1 rings (SSSR count). The summed E-state index contributed by atoms with van der Waals surface area (Å²) in [5, 5.41) is 0. The van der Waals surface area contributed by atoms with Crippen molar-refractivity contribution >= 4 is 0 Å². The Kier molecular flexibility index (Phi) is 6.23. The zero-order valence-corrected chi connectivity index (χ0v) is 11.4. The van der Waals surface area contributed by atoms with E-state index >= 15 is 0 Å². The van der Waals surface area contributed by atoms with Crippen molar-refractivity contribution in [3.8, 4) is 0 Å². The maximum absolute atomic E-state index is 5.54. The highest BCUT2D eigenvalue weighted by atomic mass is 15.1. The molecule has 0 fully saturated rings. The Balaban J connectivity index is 2.50. The number of hydrogen-bond acceptors (Lipinski definition) is 2. The molecule has 2 nitrogen and oxygen atoms in total. The lowest BCUT2D eigenvalue weighted by atomic mass is 10.1. The molecule has 0 spiro atoms. The third-order valence-electron chi connectivity index (χ3n) is 3.35. The summed E-state index contributed by atoms with van der Waals surface area (Å²) in [6.45, 7) is 6.30. The summed E-state index contributed by atoms with van der Waals surface area (Å²) >= 11 is 0. The summed E-state index contributed by atoms with van der Waals surface area (Å²) in [5.41, 5.74) is 8.26. The van der Waals surface area contributed by atoms with Crippen LogP contribution in [0.1, 0.15) is 37.8 Å². The molecule has 0 aromatic heterocycles. The van der Waals surface area contributed by atoms with Gasteiger partial charge >= 0.3 is 0 Å². The first-order valence-electron chi connectivity index (χ1n) is 6.65. The molecule has 0 radical (unpaired) electrons. The van der Waals surface area contributed by atoms with Crippen LogP contribution < -0.4 is 5.73 Å². The number of hydrogen-bond donors (Lipinski definition) is 1. The van der Waals surface area contributed by atoms with Gasteiger partial charge in [-0.2, -0.15) is 0 Å². The van der Waals surface area contributed by atoms with Gasteiger partial charge < -0.3 is 5.73 Å². The minimum Gasteiger partial charge on any atom is -0.330 e. The smallest absolute Gasteiger partial charge is 0.0233 e. The van der Waals surface area contributed by atoms with E-state index in [4.69, 9.17) is 5.73 Å². The lowest BCUT2D eigenvalue weighted by Crippen LogP contribution is -2.28. The van der Waals surface area contributed by atoms with Crippen LogP contribution in [0, 0.1) is 0 Å². The molecule has 0 bridgehead atoms. The fourth-order valence-electron chi connectivity index (χ4n) is 2.06. The van der Waals surface area contributed by atoms with Gasteiger partial charge in [0, 0.05) is 12.6 Å². The van der Waals surface area contributed by atoms with Crippen molar-refractivity contribution in [1.82, 2.24) is 4.90 Å². The van der Waals surface area contributed by atoms with Crippen LogP contribution in [0.3, 0.4) is 0 Å². The van der Waals surface area contributed by atoms with Crippen LogP contribution >= 0.6 is 0 Å². The van der Waals surface area contributed by atoms with Gasteiger partial charge in [0.2, 0.25) is 0 Å². The fourth-order valence-corrected chi connectivity index (χ4v) is 2.06. The van der Waals surface area contributed by atoms with Gasteiger partial charge in [-0.3, -0.25) is 4.90 Å². The molecule has 17 heavy (non-hydrogen) atoms. The van der Waals surface area contributed by atoms with Gasteiger partial charge in [-0.25, -0.2) is 0 Å². The van der Waals surface area contributed by atoms with E-state index in [0.717, 1.165) is 19.5 Å². The minimum atomic E-state index is 0.656. The van der Waals surface area contributed by atoms with E-state index in [1.54, 1.807) is 0 Å². The summed E-state index contributed by atoms with van der Waals surface area (Å²) in [6, 6.07) is 9.49. The molecule has 0 amide bonds. The number of rotatable bonds is 7. The number of benzene rings is 1. The van der Waals surface area contributed by atoms with Crippen LogP contribution in [0.5, 0.6) is 0 Å². The van der Waals surface area contributed by atoms with Crippen molar-refractivity contribution in [3.05, 3.63) is 35.4 Å². The highest BCUT2D eigenvalue weighted by Crippen LogP contribution is 2.11. The number of nitrogens with zero attached hydrogens (tertiary/aromatic N) is 1. The largest absolute Gasteiger partial charge is 0.330 e. The van der Waals surface area contributed by atoms with Crippen molar-refractivity contribution in [2.75, 3.05) is 13.6 Å². The highest BCUT2D eigenvalue weighted by Gasteiger charge is 2.08. The third-order valence-corrected chi connectivity index (χ3v) is 3.35. The van der Waals surface area contributed by atoms with Gasteiger partial charge in [0.1, 0.15) is 0 Å². The SMILES string of the molecule is CCCC(C)N(C)Cc1ccc(CCN)cc1. The molecule has 96 valence electrons. The van der Waals surface area contributed by atoms with Crippen LogP contribution in [0.25, 0.3) is 0 Å². The second-order valence-corrected chi connectivity index (χ2v) is 4.91. The van der Waals surface area contributed by atoms with Gasteiger partial charge in [0.25, 0.3) is 0 Å². The molecule has 0 saturated carbocycles. The predicted octanol–water partition coefficient (Wildman–Crippen LogP) is 2.81. The molecule has 0 aliphatic heterocycles. The quantitative estimate of drug-likeness (QED) is 0.786. The van der Waals surface area contributed by atoms with Gasteiger partial charge in [-0.1, -0.05) is 37.6 Å². The lowest BCUT2D eigenvalue weighted by molar-refractivity contribution is 0.237. The summed E-state index contributed by atoms with van der Waals surface area (Å²) < 4.78 is 0. The first-order valence-corrected chi connectivity index (χ1v) is 6.65. The monoisotopic (exact) mass is 234 g/mol. The van der Waals surface area contributed by atoms with Crippen LogP contribution in [-0.4, -0.2) is 24.5 Å². The van der Waals surface area contributed by atoms with Crippen LogP contribution in [0.15, 0.2) is 24.3 Å². The molecule has 2 N–H and O–H groups in total. The normalized spacial score (nSPS) is 13.0. The first kappa shape index (κ1) is 14.2. The fraction of sp³-hybridized carbons (Fsp3) is 0.600. The molecular weight excluding hydrogens is 208 g/mol. The van der Waals surface area contributed by atoms with Gasteiger partial charge in [-0.05, 0) is 44.5 Å². The topological polar surface area (TPSA) is 29.3 Å². The Morgan fingerprint density at radius 3 is 2.29 bits per heavy atom. The van der Waals surface area contributed by atoms with Crippen molar-refractivity contribution in [2.24, 2.45) is 5.73 Å². The Morgan fingerprint density at radius 1 is 1.18 bits per heavy atom. The Bertz CT molecular complexity index is 305. The van der Waals surface area contributed by atoms with Gasteiger partial charge in [-0.15, -0.1) is 0 Å². The van der Waals surface area contributed by atoms with E-state index in [2.05, 4.69) is 50.1 Å². The van der Waals surface area contributed by atoms with Crippen molar-refractivity contribution in [3.63, 3.8) is 0 Å². The van der Waals surface area contributed by atoms with E-state index in [0.29, 0.717) is 6.04 Å². The Labute approximate surface area is 106 Å². The summed E-state index contributed by atoms with van der Waals surface area (Å²) in [7, 11) is 2.20. The molecule has 1 aromatic carbocycles. The molecule has 0 aliphatic carbocycles. The van der Waals surface area contributed by atoms with E-state index < -0.39 is 0 Å². The minimum absolute atomic E-state index is 0.656. The molecule has 2 heteroatoms. The van der Waals surface area contributed by atoms with Gasteiger partial charge in [0.05, 0.1) is 0 Å². The third kappa shape index (κ3) is 4.88. The van der Waals surface area contributed by atoms with E-state index in [9.17, 15) is 0 Å². The number of nitrogens with two attached hydrogens (primary N) is 1. The maximum atomic E-state index is 5.54.